The molecule has 2 nitrogen and oxygen atoms in total. The van der Waals surface area contributed by atoms with Crippen molar-refractivity contribution in [3.05, 3.63) is 35.9 Å². The van der Waals surface area contributed by atoms with Crippen molar-refractivity contribution in [3.8, 4) is 0 Å². The number of nitrogens with one attached hydrogen (secondary N) is 1. The zero-order valence-corrected chi connectivity index (χ0v) is 12.9. The normalized spacial score (nSPS) is 24.8. The summed E-state index contributed by atoms with van der Waals surface area (Å²) in [5.74, 6) is 1.62. The minimum absolute atomic E-state index is 0.188. The van der Waals surface area contributed by atoms with E-state index in [0.29, 0.717) is 6.04 Å². The zero-order chi connectivity index (χ0) is 14.4. The molecule has 0 spiro atoms. The summed E-state index contributed by atoms with van der Waals surface area (Å²) in [5.41, 5.74) is 1.30. The third-order valence-electron chi connectivity index (χ3n) is 4.67. The lowest BCUT2D eigenvalue weighted by atomic mass is 9.79. The Morgan fingerprint density at radius 2 is 1.95 bits per heavy atom. The summed E-state index contributed by atoms with van der Waals surface area (Å²) >= 11 is 0. The van der Waals surface area contributed by atoms with Crippen molar-refractivity contribution in [2.45, 2.75) is 58.0 Å². The Balaban J connectivity index is 1.86. The van der Waals surface area contributed by atoms with E-state index in [-0.39, 0.29) is 12.6 Å². The van der Waals surface area contributed by atoms with Crippen molar-refractivity contribution < 1.29 is 5.11 Å². The van der Waals surface area contributed by atoms with E-state index in [0.717, 1.165) is 18.3 Å². The van der Waals surface area contributed by atoms with Crippen molar-refractivity contribution in [3.63, 3.8) is 0 Å². The molecule has 1 aliphatic carbocycles. The molecule has 1 fully saturated rings. The molecular formula is C18H29NO. The van der Waals surface area contributed by atoms with Crippen molar-refractivity contribution in [2.24, 2.45) is 11.8 Å². The largest absolute Gasteiger partial charge is 0.395 e. The van der Waals surface area contributed by atoms with Crippen LogP contribution in [0.3, 0.4) is 0 Å². The monoisotopic (exact) mass is 275 g/mol. The highest BCUT2D eigenvalue weighted by molar-refractivity contribution is 5.16. The van der Waals surface area contributed by atoms with Gasteiger partial charge in [-0.15, -0.1) is 0 Å². The van der Waals surface area contributed by atoms with Crippen molar-refractivity contribution in [2.75, 3.05) is 6.61 Å². The maximum absolute atomic E-state index is 9.63. The average Bonchev–Trinajstić information content (AvgIpc) is 2.48. The van der Waals surface area contributed by atoms with Gasteiger partial charge in [-0.3, -0.25) is 0 Å². The first-order valence-corrected chi connectivity index (χ1v) is 8.10. The molecule has 20 heavy (non-hydrogen) atoms. The van der Waals surface area contributed by atoms with E-state index in [1.165, 1.54) is 31.2 Å². The van der Waals surface area contributed by atoms with Crippen molar-refractivity contribution in [1.29, 1.82) is 0 Å². The maximum Gasteiger partial charge on any atom is 0.0587 e. The van der Waals surface area contributed by atoms with Crippen LogP contribution in [-0.2, 0) is 6.42 Å². The summed E-state index contributed by atoms with van der Waals surface area (Å²) in [6, 6.07) is 11.2. The van der Waals surface area contributed by atoms with E-state index in [1.54, 1.807) is 0 Å². The summed E-state index contributed by atoms with van der Waals surface area (Å²) in [5, 5.41) is 13.3. The predicted octanol–water partition coefficient (Wildman–Crippen LogP) is 3.39. The average molecular weight is 275 g/mol. The summed E-state index contributed by atoms with van der Waals surface area (Å²) < 4.78 is 0. The quantitative estimate of drug-likeness (QED) is 0.834. The maximum atomic E-state index is 9.63. The molecule has 0 aromatic heterocycles. The Bertz CT molecular complexity index is 376. The minimum atomic E-state index is 0.188. The molecule has 1 saturated carbocycles. The van der Waals surface area contributed by atoms with Gasteiger partial charge in [-0.1, -0.05) is 57.0 Å². The molecule has 0 amide bonds. The van der Waals surface area contributed by atoms with Crippen LogP contribution in [0.15, 0.2) is 30.3 Å². The standard InChI is InChI=1S/C18H29NO/c1-14(2)16-9-6-10-17(12-16)19-18(13-20)11-15-7-4-3-5-8-15/h3-5,7-8,14,16-20H,6,9-13H2,1-2H3. The van der Waals surface area contributed by atoms with Crippen molar-refractivity contribution in [1.82, 2.24) is 5.32 Å². The van der Waals surface area contributed by atoms with Gasteiger partial charge in [-0.05, 0) is 36.7 Å². The van der Waals surface area contributed by atoms with E-state index in [9.17, 15) is 5.11 Å². The molecule has 0 bridgehead atoms. The topological polar surface area (TPSA) is 32.3 Å². The van der Waals surface area contributed by atoms with Gasteiger partial charge >= 0.3 is 0 Å². The van der Waals surface area contributed by atoms with Crippen LogP contribution in [0.5, 0.6) is 0 Å². The lowest BCUT2D eigenvalue weighted by Gasteiger charge is -2.34. The van der Waals surface area contributed by atoms with E-state index >= 15 is 0 Å². The van der Waals surface area contributed by atoms with E-state index in [4.69, 9.17) is 0 Å². The van der Waals surface area contributed by atoms with Crippen LogP contribution in [0.25, 0.3) is 0 Å². The van der Waals surface area contributed by atoms with Crippen LogP contribution >= 0.6 is 0 Å². The molecule has 2 rings (SSSR count). The van der Waals surface area contributed by atoms with Crippen LogP contribution in [-0.4, -0.2) is 23.8 Å². The Kier molecular flexibility index (Phi) is 6.06. The third kappa shape index (κ3) is 4.60. The Hall–Kier alpha value is -0.860. The summed E-state index contributed by atoms with van der Waals surface area (Å²) in [7, 11) is 0. The summed E-state index contributed by atoms with van der Waals surface area (Å²) in [4.78, 5) is 0. The van der Waals surface area contributed by atoms with Gasteiger partial charge in [-0.2, -0.15) is 0 Å². The number of aliphatic hydroxyl groups excluding tert-OH is 1. The fourth-order valence-electron chi connectivity index (χ4n) is 3.39. The van der Waals surface area contributed by atoms with Gasteiger partial charge in [0.05, 0.1) is 6.61 Å². The molecule has 0 aliphatic heterocycles. The lowest BCUT2D eigenvalue weighted by Crippen LogP contribution is -2.44. The number of hydrogen-bond acceptors (Lipinski definition) is 2. The molecule has 0 saturated heterocycles. The number of aliphatic hydroxyl groups is 1. The van der Waals surface area contributed by atoms with E-state index < -0.39 is 0 Å². The second-order valence-electron chi connectivity index (χ2n) is 6.60. The van der Waals surface area contributed by atoms with Gasteiger partial charge < -0.3 is 10.4 Å². The third-order valence-corrected chi connectivity index (χ3v) is 4.67. The highest BCUT2D eigenvalue weighted by Crippen LogP contribution is 2.30. The Labute approximate surface area is 123 Å². The molecule has 2 N–H and O–H groups in total. The van der Waals surface area contributed by atoms with E-state index in [1.807, 2.05) is 6.07 Å². The summed E-state index contributed by atoms with van der Waals surface area (Å²) in [6.45, 7) is 4.89. The molecule has 112 valence electrons. The Morgan fingerprint density at radius 1 is 1.20 bits per heavy atom. The molecule has 1 aromatic carbocycles. The number of hydrogen-bond donors (Lipinski definition) is 2. The zero-order valence-electron chi connectivity index (χ0n) is 12.9. The molecule has 0 radical (unpaired) electrons. The number of benzene rings is 1. The molecule has 3 atom stereocenters. The molecule has 3 unspecified atom stereocenters. The van der Waals surface area contributed by atoms with Gasteiger partial charge in [-0.25, -0.2) is 0 Å². The van der Waals surface area contributed by atoms with Crippen LogP contribution < -0.4 is 5.32 Å². The fraction of sp³-hybridized carbons (Fsp3) is 0.667. The van der Waals surface area contributed by atoms with Crippen molar-refractivity contribution >= 4 is 0 Å². The first-order valence-electron chi connectivity index (χ1n) is 8.10. The van der Waals surface area contributed by atoms with Gasteiger partial charge in [0.25, 0.3) is 0 Å². The van der Waals surface area contributed by atoms with Gasteiger partial charge in [0.1, 0.15) is 0 Å². The first-order chi connectivity index (χ1) is 9.69. The lowest BCUT2D eigenvalue weighted by molar-refractivity contribution is 0.185. The predicted molar refractivity (Wildman–Crippen MR) is 84.7 cm³/mol. The highest BCUT2D eigenvalue weighted by Gasteiger charge is 2.25. The SMILES string of the molecule is CC(C)C1CCCC(NC(CO)Cc2ccccc2)C1. The fourth-order valence-corrected chi connectivity index (χ4v) is 3.39. The minimum Gasteiger partial charge on any atom is -0.395 e. The number of rotatable bonds is 6. The highest BCUT2D eigenvalue weighted by atomic mass is 16.3. The van der Waals surface area contributed by atoms with Gasteiger partial charge in [0.15, 0.2) is 0 Å². The van der Waals surface area contributed by atoms with Crippen LogP contribution in [0.1, 0.15) is 45.1 Å². The smallest absolute Gasteiger partial charge is 0.0587 e. The molecule has 1 aliphatic rings. The summed E-state index contributed by atoms with van der Waals surface area (Å²) in [6.07, 6.45) is 6.14. The molecule has 0 heterocycles. The van der Waals surface area contributed by atoms with Crippen LogP contribution in [0.4, 0.5) is 0 Å². The molecule has 1 aromatic rings. The second-order valence-corrected chi connectivity index (χ2v) is 6.60. The molecular weight excluding hydrogens is 246 g/mol. The van der Waals surface area contributed by atoms with Crippen LogP contribution in [0.2, 0.25) is 0 Å². The van der Waals surface area contributed by atoms with Gasteiger partial charge in [0.2, 0.25) is 0 Å². The first kappa shape index (κ1) is 15.5. The Morgan fingerprint density at radius 3 is 2.60 bits per heavy atom. The van der Waals surface area contributed by atoms with Crippen LogP contribution in [0, 0.1) is 11.8 Å². The molecule has 2 heteroatoms. The second kappa shape index (κ2) is 7.80. The van der Waals surface area contributed by atoms with E-state index in [2.05, 4.69) is 43.4 Å². The van der Waals surface area contributed by atoms with Gasteiger partial charge in [0, 0.05) is 12.1 Å².